The van der Waals surface area contributed by atoms with Crippen molar-refractivity contribution in [3.8, 4) is 0 Å². The average Bonchev–Trinajstić information content (AvgIpc) is 3.26. The van der Waals surface area contributed by atoms with Crippen LogP contribution in [-0.2, 0) is 22.4 Å². The van der Waals surface area contributed by atoms with Gasteiger partial charge in [-0.25, -0.2) is 4.39 Å². The van der Waals surface area contributed by atoms with Crippen LogP contribution >= 0.6 is 0 Å². The number of β-amino-alcohol motifs (C(OH)–C–C–N with tert-alkyl or cyclic N) is 1. The molecule has 1 fully saturated rings. The predicted octanol–water partition coefficient (Wildman–Crippen LogP) is 5.47. The van der Waals surface area contributed by atoms with Crippen LogP contribution in [0.4, 0.5) is 4.39 Å². The second-order valence-corrected chi connectivity index (χ2v) is 9.86. The number of carbonyl (C=O) groups is 1. The lowest BCUT2D eigenvalue weighted by molar-refractivity contribution is -0.137. The van der Waals surface area contributed by atoms with Crippen molar-refractivity contribution < 1.29 is 24.1 Å². The molecule has 192 valence electrons. The van der Waals surface area contributed by atoms with E-state index in [2.05, 4.69) is 17.0 Å². The normalized spacial score (nSPS) is 18.0. The Labute approximate surface area is 208 Å². The molecular weight excluding hydrogens is 445 g/mol. The molecule has 2 aromatic rings. The Hall–Kier alpha value is -2.28. The first-order valence-electron chi connectivity index (χ1n) is 12.9. The number of nitrogens with zero attached hydrogens (tertiary/aromatic N) is 1. The van der Waals surface area contributed by atoms with E-state index in [-0.39, 0.29) is 24.9 Å². The molecule has 0 amide bonds. The Morgan fingerprint density at radius 3 is 2.77 bits per heavy atom. The number of hydrogen-bond donors (Lipinski definition) is 2. The van der Waals surface area contributed by atoms with Gasteiger partial charge in [-0.05, 0) is 87.2 Å². The van der Waals surface area contributed by atoms with Crippen molar-refractivity contribution in [2.45, 2.75) is 83.5 Å². The van der Waals surface area contributed by atoms with Crippen LogP contribution in [0.2, 0.25) is 0 Å². The second-order valence-electron chi connectivity index (χ2n) is 9.86. The summed E-state index contributed by atoms with van der Waals surface area (Å²) >= 11 is 0. The molecule has 2 N–H and O–H groups in total. The first-order chi connectivity index (χ1) is 16.8. The van der Waals surface area contributed by atoms with Gasteiger partial charge in [0.25, 0.3) is 0 Å². The molecular formula is C29H40FNO4. The number of likely N-dealkylation sites (tertiary alicyclic amines) is 1. The Morgan fingerprint density at radius 1 is 1.20 bits per heavy atom. The molecule has 0 spiro atoms. The van der Waals surface area contributed by atoms with E-state index in [4.69, 9.17) is 9.84 Å². The summed E-state index contributed by atoms with van der Waals surface area (Å²) < 4.78 is 20.0. The minimum atomic E-state index is -0.740. The van der Waals surface area contributed by atoms with Gasteiger partial charge < -0.3 is 14.9 Å². The molecule has 1 saturated heterocycles. The lowest BCUT2D eigenvalue weighted by atomic mass is 9.98. The van der Waals surface area contributed by atoms with Crippen LogP contribution in [0.1, 0.15) is 73.8 Å². The monoisotopic (exact) mass is 485 g/mol. The smallest absolute Gasteiger partial charge is 0.303 e. The molecule has 0 saturated carbocycles. The van der Waals surface area contributed by atoms with Crippen LogP contribution in [0, 0.1) is 12.7 Å². The van der Waals surface area contributed by atoms with Gasteiger partial charge in [0.05, 0.1) is 18.8 Å². The fraction of sp³-hybridized carbons (Fsp3) is 0.552. The van der Waals surface area contributed by atoms with Crippen LogP contribution in [-0.4, -0.2) is 52.9 Å². The third-order valence-electron chi connectivity index (χ3n) is 7.02. The van der Waals surface area contributed by atoms with E-state index in [0.29, 0.717) is 24.6 Å². The Kier molecular flexibility index (Phi) is 10.7. The number of hydrogen-bond acceptors (Lipinski definition) is 4. The third kappa shape index (κ3) is 8.71. The maximum atomic E-state index is 13.9. The van der Waals surface area contributed by atoms with Gasteiger partial charge in [-0.1, -0.05) is 42.8 Å². The summed E-state index contributed by atoms with van der Waals surface area (Å²) in [5.41, 5.74) is 4.01. The van der Waals surface area contributed by atoms with Gasteiger partial charge in [-0.3, -0.25) is 9.69 Å². The Balaban J connectivity index is 1.46. The minimum Gasteiger partial charge on any atom is -0.481 e. The molecule has 3 rings (SSSR count). The SMILES string of the molecule is Cc1ccc(C[C@@H]2CCCN2C[C@@H](O)CO[C@H](C)c2ccccc2CCCCCC(=O)O)cc1F. The van der Waals surface area contributed by atoms with Crippen molar-refractivity contribution in [3.63, 3.8) is 0 Å². The highest BCUT2D eigenvalue weighted by atomic mass is 19.1. The zero-order chi connectivity index (χ0) is 25.2. The first-order valence-corrected chi connectivity index (χ1v) is 12.9. The maximum absolute atomic E-state index is 13.9. The van der Waals surface area contributed by atoms with Crippen LogP contribution in [0.15, 0.2) is 42.5 Å². The number of aryl methyl sites for hydroxylation is 2. The number of rotatable bonds is 14. The third-order valence-corrected chi connectivity index (χ3v) is 7.02. The quantitative estimate of drug-likeness (QED) is 0.348. The summed E-state index contributed by atoms with van der Waals surface area (Å²) in [7, 11) is 0. The molecule has 1 aliphatic heterocycles. The molecule has 3 atom stereocenters. The molecule has 5 nitrogen and oxygen atoms in total. The van der Waals surface area contributed by atoms with E-state index < -0.39 is 12.1 Å². The van der Waals surface area contributed by atoms with Crippen molar-refractivity contribution in [1.29, 1.82) is 0 Å². The van der Waals surface area contributed by atoms with Gasteiger partial charge in [-0.2, -0.15) is 0 Å². The summed E-state index contributed by atoms with van der Waals surface area (Å²) in [4.78, 5) is 13.0. The number of aliphatic hydroxyl groups excluding tert-OH is 1. The van der Waals surface area contributed by atoms with Gasteiger partial charge in [0, 0.05) is 19.0 Å². The van der Waals surface area contributed by atoms with Gasteiger partial charge in [0.2, 0.25) is 0 Å². The number of aliphatic hydroxyl groups is 1. The van der Waals surface area contributed by atoms with E-state index in [9.17, 15) is 14.3 Å². The lowest BCUT2D eigenvalue weighted by Crippen LogP contribution is -2.39. The Morgan fingerprint density at radius 2 is 2.00 bits per heavy atom. The second kappa shape index (κ2) is 13.7. The summed E-state index contributed by atoms with van der Waals surface area (Å²) in [6.45, 7) is 5.55. The number of benzene rings is 2. The van der Waals surface area contributed by atoms with Crippen LogP contribution in [0.3, 0.4) is 0 Å². The van der Waals surface area contributed by atoms with Crippen LogP contribution in [0.5, 0.6) is 0 Å². The van der Waals surface area contributed by atoms with E-state index >= 15 is 0 Å². The summed E-state index contributed by atoms with van der Waals surface area (Å²) in [6, 6.07) is 14.0. The number of carboxylic acid groups (broad SMARTS) is 1. The lowest BCUT2D eigenvalue weighted by Gasteiger charge is -2.28. The molecule has 6 heteroatoms. The van der Waals surface area contributed by atoms with E-state index in [0.717, 1.165) is 56.2 Å². The molecule has 2 aromatic carbocycles. The summed E-state index contributed by atoms with van der Waals surface area (Å²) in [6.07, 6.45) is 5.86. The largest absolute Gasteiger partial charge is 0.481 e. The minimum absolute atomic E-state index is 0.134. The van der Waals surface area contributed by atoms with Crippen molar-refractivity contribution in [2.24, 2.45) is 0 Å². The predicted molar refractivity (Wildman–Crippen MR) is 136 cm³/mol. The summed E-state index contributed by atoms with van der Waals surface area (Å²) in [5.74, 6) is -0.898. The molecule has 0 bridgehead atoms. The molecule has 1 aliphatic rings. The number of ether oxygens (including phenoxy) is 1. The Bertz CT molecular complexity index is 950. The highest BCUT2D eigenvalue weighted by Gasteiger charge is 2.27. The molecule has 0 radical (unpaired) electrons. The zero-order valence-corrected chi connectivity index (χ0v) is 21.1. The van der Waals surface area contributed by atoms with Crippen molar-refractivity contribution in [3.05, 3.63) is 70.5 Å². The first kappa shape index (κ1) is 27.3. The number of unbranched alkanes of at least 4 members (excludes halogenated alkanes) is 2. The number of aliphatic carboxylic acids is 1. The van der Waals surface area contributed by atoms with E-state index in [1.807, 2.05) is 31.2 Å². The standard InChI is InChI=1S/C29H40FNO4/c1-21-14-15-23(18-28(21)30)17-25-11-8-16-31(25)19-26(32)20-35-22(2)27-12-7-6-10-24(27)9-4-3-5-13-29(33)34/h6-7,10,12,14-15,18,22,25-26,32H,3-5,8-9,11,13,16-17,19-20H2,1-2H3,(H,33,34)/t22-,25+,26-/m1/s1. The number of halogens is 1. The molecule has 1 heterocycles. The highest BCUT2D eigenvalue weighted by molar-refractivity contribution is 5.66. The van der Waals surface area contributed by atoms with Gasteiger partial charge in [-0.15, -0.1) is 0 Å². The van der Waals surface area contributed by atoms with Crippen LogP contribution < -0.4 is 0 Å². The van der Waals surface area contributed by atoms with Crippen molar-refractivity contribution in [1.82, 2.24) is 4.90 Å². The molecule has 0 aliphatic carbocycles. The summed E-state index contributed by atoms with van der Waals surface area (Å²) in [5, 5.41) is 19.5. The molecule has 0 unspecified atom stereocenters. The average molecular weight is 486 g/mol. The van der Waals surface area contributed by atoms with E-state index in [1.54, 1.807) is 13.0 Å². The van der Waals surface area contributed by atoms with E-state index in [1.165, 1.54) is 5.56 Å². The van der Waals surface area contributed by atoms with Crippen LogP contribution in [0.25, 0.3) is 0 Å². The topological polar surface area (TPSA) is 70.0 Å². The number of carboxylic acids is 1. The maximum Gasteiger partial charge on any atom is 0.303 e. The van der Waals surface area contributed by atoms with Crippen molar-refractivity contribution >= 4 is 5.97 Å². The van der Waals surface area contributed by atoms with Crippen molar-refractivity contribution in [2.75, 3.05) is 19.7 Å². The van der Waals surface area contributed by atoms with Gasteiger partial charge in [0.15, 0.2) is 0 Å². The highest BCUT2D eigenvalue weighted by Crippen LogP contribution is 2.25. The van der Waals surface area contributed by atoms with Gasteiger partial charge in [0.1, 0.15) is 5.82 Å². The molecule has 35 heavy (non-hydrogen) atoms. The zero-order valence-electron chi connectivity index (χ0n) is 21.1. The fourth-order valence-electron chi connectivity index (χ4n) is 5.00. The molecule has 0 aromatic heterocycles. The fourth-order valence-corrected chi connectivity index (χ4v) is 5.00. The van der Waals surface area contributed by atoms with Gasteiger partial charge >= 0.3 is 5.97 Å².